The summed E-state index contributed by atoms with van der Waals surface area (Å²) >= 11 is 0. The molecule has 0 aliphatic heterocycles. The van der Waals surface area contributed by atoms with Gasteiger partial charge in [-0.25, -0.2) is 0 Å². The van der Waals surface area contributed by atoms with Gasteiger partial charge in [0.1, 0.15) is 0 Å². The first-order valence-electron chi connectivity index (χ1n) is 12.7. The molecule has 0 heterocycles. The fourth-order valence-electron chi connectivity index (χ4n) is 3.61. The molecule has 0 atom stereocenters. The number of unbranched alkanes of at least 4 members (excludes halogenated alkanes) is 12. The van der Waals surface area contributed by atoms with Gasteiger partial charge in [0.25, 0.3) is 0 Å². The monoisotopic (exact) mass is 489 g/mol. The molecule has 33 heavy (non-hydrogen) atoms. The largest absolute Gasteiger partial charge is 1.00 e. The van der Waals surface area contributed by atoms with Gasteiger partial charge >= 0.3 is 11.9 Å². The molecule has 0 saturated carbocycles. The van der Waals surface area contributed by atoms with E-state index < -0.39 is 0 Å². The first-order valence-corrected chi connectivity index (χ1v) is 12.7. The van der Waals surface area contributed by atoms with Crippen molar-refractivity contribution in [1.82, 2.24) is 9.80 Å². The highest BCUT2D eigenvalue weighted by molar-refractivity contribution is 5.69. The molecule has 0 rings (SSSR count). The maximum atomic E-state index is 11.0. The van der Waals surface area contributed by atoms with Gasteiger partial charge in [0.15, 0.2) is 0 Å². The SMILES string of the molecule is COC(=O)CCCCCCCCCN(C)/C=C/N(C)CCCCCCCCCC(=O)OC.[Cl-]. The van der Waals surface area contributed by atoms with E-state index >= 15 is 0 Å². The summed E-state index contributed by atoms with van der Waals surface area (Å²) in [5.74, 6) is -0.181. The van der Waals surface area contributed by atoms with Crippen LogP contribution in [0.1, 0.15) is 103 Å². The zero-order chi connectivity index (χ0) is 23.9. The van der Waals surface area contributed by atoms with Crippen LogP contribution >= 0.6 is 0 Å². The van der Waals surface area contributed by atoms with Crippen LogP contribution in [0.5, 0.6) is 0 Å². The fourth-order valence-corrected chi connectivity index (χ4v) is 3.61. The van der Waals surface area contributed by atoms with E-state index in [0.29, 0.717) is 12.8 Å². The summed E-state index contributed by atoms with van der Waals surface area (Å²) in [5.41, 5.74) is 0. The minimum atomic E-state index is -0.0905. The van der Waals surface area contributed by atoms with E-state index in [9.17, 15) is 9.59 Å². The molecule has 0 aromatic rings. The van der Waals surface area contributed by atoms with Crippen molar-refractivity contribution in [2.24, 2.45) is 0 Å². The third kappa shape index (κ3) is 25.0. The third-order valence-electron chi connectivity index (χ3n) is 5.81. The molecule has 0 fully saturated rings. The number of carbonyl (C=O) groups is 2. The maximum Gasteiger partial charge on any atom is 0.305 e. The minimum Gasteiger partial charge on any atom is -1.00 e. The molecule has 0 aliphatic carbocycles. The second kappa shape index (κ2) is 25.2. The lowest BCUT2D eigenvalue weighted by Gasteiger charge is -2.18. The average Bonchev–Trinajstić information content (AvgIpc) is 2.79. The second-order valence-electron chi connectivity index (χ2n) is 8.86. The normalized spacial score (nSPS) is 10.7. The van der Waals surface area contributed by atoms with Crippen LogP contribution in [0.25, 0.3) is 0 Å². The molecular formula is C26H50ClN2O4-. The van der Waals surface area contributed by atoms with Crippen molar-refractivity contribution < 1.29 is 31.5 Å². The lowest BCUT2D eigenvalue weighted by Crippen LogP contribution is -3.00. The first-order chi connectivity index (χ1) is 15.5. The summed E-state index contributed by atoms with van der Waals surface area (Å²) in [6, 6.07) is 0. The maximum absolute atomic E-state index is 11.0. The van der Waals surface area contributed by atoms with E-state index in [1.165, 1.54) is 78.4 Å². The number of rotatable bonds is 22. The van der Waals surface area contributed by atoms with Gasteiger partial charge in [-0.3, -0.25) is 9.59 Å². The van der Waals surface area contributed by atoms with E-state index in [1.807, 2.05) is 0 Å². The lowest BCUT2D eigenvalue weighted by atomic mass is 10.1. The molecule has 0 aromatic heterocycles. The van der Waals surface area contributed by atoms with Gasteiger partial charge in [0.2, 0.25) is 0 Å². The molecule has 6 nitrogen and oxygen atoms in total. The van der Waals surface area contributed by atoms with Crippen LogP contribution in [0.4, 0.5) is 0 Å². The minimum absolute atomic E-state index is 0. The fraction of sp³-hybridized carbons (Fsp3) is 0.846. The van der Waals surface area contributed by atoms with Crippen LogP contribution in [-0.4, -0.2) is 63.1 Å². The molecule has 0 aromatic carbocycles. The number of hydrogen-bond acceptors (Lipinski definition) is 6. The highest BCUT2D eigenvalue weighted by Crippen LogP contribution is 2.10. The van der Waals surface area contributed by atoms with E-state index in [-0.39, 0.29) is 24.3 Å². The zero-order valence-corrected chi connectivity index (χ0v) is 22.5. The Morgan fingerprint density at radius 3 is 1.12 bits per heavy atom. The van der Waals surface area contributed by atoms with Gasteiger partial charge in [-0.1, -0.05) is 64.2 Å². The quantitative estimate of drug-likeness (QED) is 0.172. The summed E-state index contributed by atoms with van der Waals surface area (Å²) in [6.45, 7) is 2.20. The van der Waals surface area contributed by atoms with Crippen molar-refractivity contribution in [3.05, 3.63) is 12.4 Å². The summed E-state index contributed by atoms with van der Waals surface area (Å²) in [7, 11) is 7.21. The van der Waals surface area contributed by atoms with Gasteiger partial charge < -0.3 is 31.7 Å². The van der Waals surface area contributed by atoms with Gasteiger partial charge in [-0.2, -0.15) is 0 Å². The first kappa shape index (κ1) is 33.7. The Morgan fingerprint density at radius 1 is 0.545 bits per heavy atom. The summed E-state index contributed by atoms with van der Waals surface area (Å²) < 4.78 is 9.31. The number of ether oxygens (including phenoxy) is 2. The van der Waals surface area contributed by atoms with Gasteiger partial charge in [-0.15, -0.1) is 0 Å². The number of carbonyl (C=O) groups excluding carboxylic acids is 2. The topological polar surface area (TPSA) is 59.1 Å². The predicted molar refractivity (Wildman–Crippen MR) is 132 cm³/mol. The molecular weight excluding hydrogens is 440 g/mol. The number of nitrogens with zero attached hydrogens (tertiary/aromatic N) is 2. The van der Waals surface area contributed by atoms with Gasteiger partial charge in [-0.05, 0) is 25.7 Å². The van der Waals surface area contributed by atoms with Crippen LogP contribution in [0.2, 0.25) is 0 Å². The molecule has 196 valence electrons. The summed E-state index contributed by atoms with van der Waals surface area (Å²) in [5, 5.41) is 0. The molecule has 7 heteroatoms. The molecule has 0 amide bonds. The number of hydrogen-bond donors (Lipinski definition) is 0. The Bertz CT molecular complexity index is 447. The molecule has 0 spiro atoms. The molecule has 0 unspecified atom stereocenters. The Kier molecular flexibility index (Phi) is 25.8. The van der Waals surface area contributed by atoms with Crippen molar-refractivity contribution in [3.63, 3.8) is 0 Å². The van der Waals surface area contributed by atoms with Crippen LogP contribution in [-0.2, 0) is 19.1 Å². The van der Waals surface area contributed by atoms with Crippen molar-refractivity contribution in [1.29, 1.82) is 0 Å². The average molecular weight is 490 g/mol. The number of methoxy groups -OCH3 is 2. The molecule has 0 N–H and O–H groups in total. The van der Waals surface area contributed by atoms with E-state index in [0.717, 1.165) is 38.8 Å². The zero-order valence-electron chi connectivity index (χ0n) is 21.8. The van der Waals surface area contributed by atoms with Crippen molar-refractivity contribution in [2.75, 3.05) is 41.4 Å². The molecule has 0 radical (unpaired) electrons. The Balaban J connectivity index is 0. The summed E-state index contributed by atoms with van der Waals surface area (Å²) in [6.07, 6.45) is 22.2. The predicted octanol–water partition coefficient (Wildman–Crippen LogP) is 2.91. The van der Waals surface area contributed by atoms with Gasteiger partial charge in [0, 0.05) is 52.4 Å². The Labute approximate surface area is 209 Å². The lowest BCUT2D eigenvalue weighted by molar-refractivity contribution is -0.141. The van der Waals surface area contributed by atoms with Crippen LogP contribution in [0, 0.1) is 0 Å². The Hall–Kier alpha value is -1.43. The van der Waals surface area contributed by atoms with E-state index in [4.69, 9.17) is 0 Å². The van der Waals surface area contributed by atoms with E-state index in [1.54, 1.807) is 0 Å². The van der Waals surface area contributed by atoms with Gasteiger partial charge in [0.05, 0.1) is 14.2 Å². The van der Waals surface area contributed by atoms with Crippen LogP contribution in [0.3, 0.4) is 0 Å². The second-order valence-corrected chi connectivity index (χ2v) is 8.86. The Morgan fingerprint density at radius 2 is 0.818 bits per heavy atom. The number of esters is 2. The highest BCUT2D eigenvalue weighted by atomic mass is 35.5. The van der Waals surface area contributed by atoms with E-state index in [2.05, 4.69) is 45.8 Å². The van der Waals surface area contributed by atoms with Crippen LogP contribution in [0.15, 0.2) is 12.4 Å². The van der Waals surface area contributed by atoms with Crippen molar-refractivity contribution >= 4 is 11.9 Å². The molecule has 0 bridgehead atoms. The third-order valence-corrected chi connectivity index (χ3v) is 5.81. The van der Waals surface area contributed by atoms with Crippen molar-refractivity contribution in [3.8, 4) is 0 Å². The number of halogens is 1. The standard InChI is InChI=1S/C26H50N2O4.ClH/c1-27(21-17-13-9-5-7-11-15-19-25(29)31-3)23-24-28(2)22-18-14-10-6-8-12-16-20-26(30)32-4;/h23-24H,5-22H2,1-4H3;1H/p-1/b24-23+;. The smallest absolute Gasteiger partial charge is 0.305 e. The highest BCUT2D eigenvalue weighted by Gasteiger charge is 2.01. The van der Waals surface area contributed by atoms with Crippen LogP contribution < -0.4 is 12.4 Å². The molecule has 0 aliphatic rings. The van der Waals surface area contributed by atoms with Crippen molar-refractivity contribution in [2.45, 2.75) is 103 Å². The molecule has 0 saturated heterocycles. The summed E-state index contributed by atoms with van der Waals surface area (Å²) in [4.78, 5) is 26.6.